The minimum atomic E-state index is -0.429. The van der Waals surface area contributed by atoms with Gasteiger partial charge in [-0.15, -0.1) is 0 Å². The minimum absolute atomic E-state index is 0.0332. The van der Waals surface area contributed by atoms with Crippen LogP contribution in [-0.2, 0) is 4.79 Å². The van der Waals surface area contributed by atoms with E-state index in [-0.39, 0.29) is 17.2 Å². The maximum Gasteiger partial charge on any atom is 0.308 e. The van der Waals surface area contributed by atoms with Crippen molar-refractivity contribution < 1.29 is 19.4 Å². The monoisotopic (exact) mass is 470 g/mol. The van der Waals surface area contributed by atoms with Gasteiger partial charge in [-0.2, -0.15) is 0 Å². The fraction of sp³-hybridized carbons (Fsp3) is 0.633. The molecule has 2 aromatic rings. The van der Waals surface area contributed by atoms with E-state index in [1.165, 1.54) is 96.8 Å². The van der Waals surface area contributed by atoms with Gasteiger partial charge in [-0.05, 0) is 17.9 Å². The lowest BCUT2D eigenvalue weighted by Gasteiger charge is -2.14. The summed E-state index contributed by atoms with van der Waals surface area (Å²) < 4.78 is 11.2. The summed E-state index contributed by atoms with van der Waals surface area (Å²) in [5.74, 6) is 0.142. The van der Waals surface area contributed by atoms with Crippen LogP contribution in [0.4, 0.5) is 0 Å². The third-order valence-corrected chi connectivity index (χ3v) is 6.44. The number of unbranched alkanes of at least 4 members (excludes halogenated alkanes) is 15. The second-order valence-electron chi connectivity index (χ2n) is 9.52. The smallest absolute Gasteiger partial charge is 0.308 e. The highest BCUT2D eigenvalue weighted by atomic mass is 16.6. The minimum Gasteiger partial charge on any atom is -0.504 e. The number of ether oxygens (including phenoxy) is 2. The predicted molar refractivity (Wildman–Crippen MR) is 142 cm³/mol. The van der Waals surface area contributed by atoms with Gasteiger partial charge in [0.25, 0.3) is 0 Å². The van der Waals surface area contributed by atoms with Crippen LogP contribution in [0, 0.1) is 0 Å². The summed E-state index contributed by atoms with van der Waals surface area (Å²) in [5, 5.41) is 12.2. The van der Waals surface area contributed by atoms with Crippen molar-refractivity contribution in [3.63, 3.8) is 0 Å². The van der Waals surface area contributed by atoms with Gasteiger partial charge in [-0.3, -0.25) is 4.79 Å². The van der Waals surface area contributed by atoms with E-state index in [4.69, 9.17) is 9.47 Å². The molecule has 1 N–H and O–H groups in total. The van der Waals surface area contributed by atoms with Crippen molar-refractivity contribution in [3.8, 4) is 17.2 Å². The van der Waals surface area contributed by atoms with E-state index in [1.54, 1.807) is 6.07 Å². The van der Waals surface area contributed by atoms with Crippen LogP contribution in [0.1, 0.15) is 117 Å². The SMILES string of the molecule is CCCCCCCCCCCCCCCCCCOc1c(OC(C)=O)cc2ccccc2c1O. The Morgan fingerprint density at radius 3 is 1.79 bits per heavy atom. The van der Waals surface area contributed by atoms with Crippen LogP contribution in [0.25, 0.3) is 10.8 Å². The normalized spacial score (nSPS) is 11.1. The molecule has 0 aromatic heterocycles. The van der Waals surface area contributed by atoms with E-state index in [2.05, 4.69) is 6.92 Å². The molecule has 0 radical (unpaired) electrons. The molecule has 0 spiro atoms. The second kappa shape index (κ2) is 17.2. The zero-order valence-corrected chi connectivity index (χ0v) is 21.6. The molecular weight excluding hydrogens is 424 g/mol. The highest BCUT2D eigenvalue weighted by Gasteiger charge is 2.17. The number of aromatic hydroxyl groups is 1. The first-order chi connectivity index (χ1) is 16.6. The molecule has 34 heavy (non-hydrogen) atoms. The summed E-state index contributed by atoms with van der Waals surface area (Å²) in [6, 6.07) is 9.22. The van der Waals surface area contributed by atoms with Gasteiger partial charge in [-0.25, -0.2) is 0 Å². The lowest BCUT2D eigenvalue weighted by molar-refractivity contribution is -0.132. The van der Waals surface area contributed by atoms with Gasteiger partial charge in [0.05, 0.1) is 6.61 Å². The van der Waals surface area contributed by atoms with Crippen molar-refractivity contribution in [1.29, 1.82) is 0 Å². The molecule has 0 aliphatic rings. The predicted octanol–water partition coefficient (Wildman–Crippen LogP) is 9.11. The third-order valence-electron chi connectivity index (χ3n) is 6.44. The van der Waals surface area contributed by atoms with Crippen LogP contribution in [0.5, 0.6) is 17.2 Å². The van der Waals surface area contributed by atoms with Crippen molar-refractivity contribution in [3.05, 3.63) is 30.3 Å². The average molecular weight is 471 g/mol. The number of phenols is 1. The molecule has 0 aliphatic heterocycles. The number of hydrogen-bond acceptors (Lipinski definition) is 4. The van der Waals surface area contributed by atoms with Crippen molar-refractivity contribution >= 4 is 16.7 Å². The van der Waals surface area contributed by atoms with Gasteiger partial charge in [-0.1, -0.05) is 128 Å². The number of rotatable bonds is 19. The van der Waals surface area contributed by atoms with Gasteiger partial charge in [0, 0.05) is 12.3 Å². The van der Waals surface area contributed by atoms with Gasteiger partial charge in [0.15, 0.2) is 11.5 Å². The maximum atomic E-state index is 11.5. The van der Waals surface area contributed by atoms with Crippen LogP contribution in [0.2, 0.25) is 0 Å². The molecule has 0 unspecified atom stereocenters. The van der Waals surface area contributed by atoms with Crippen molar-refractivity contribution in [1.82, 2.24) is 0 Å². The van der Waals surface area contributed by atoms with Crippen molar-refractivity contribution in [2.75, 3.05) is 6.61 Å². The van der Waals surface area contributed by atoms with Gasteiger partial charge >= 0.3 is 5.97 Å². The van der Waals surface area contributed by atoms with Crippen molar-refractivity contribution in [2.45, 2.75) is 117 Å². The quantitative estimate of drug-likeness (QED) is 0.126. The number of benzene rings is 2. The van der Waals surface area contributed by atoms with E-state index < -0.39 is 5.97 Å². The zero-order valence-electron chi connectivity index (χ0n) is 21.6. The summed E-state index contributed by atoms with van der Waals surface area (Å²) in [6.07, 6.45) is 21.2. The first kappa shape index (κ1) is 28.0. The molecule has 2 aromatic carbocycles. The second-order valence-corrected chi connectivity index (χ2v) is 9.52. The van der Waals surface area contributed by atoms with Crippen LogP contribution in [0.3, 0.4) is 0 Å². The molecule has 4 heteroatoms. The Morgan fingerprint density at radius 1 is 0.765 bits per heavy atom. The molecule has 4 nitrogen and oxygen atoms in total. The fourth-order valence-corrected chi connectivity index (χ4v) is 4.48. The Kier molecular flexibility index (Phi) is 14.2. The van der Waals surface area contributed by atoms with E-state index in [9.17, 15) is 9.90 Å². The number of phenolic OH excluding ortho intramolecular Hbond substituents is 1. The van der Waals surface area contributed by atoms with E-state index in [1.807, 2.05) is 24.3 Å². The zero-order chi connectivity index (χ0) is 24.4. The first-order valence-corrected chi connectivity index (χ1v) is 13.7. The summed E-state index contributed by atoms with van der Waals surface area (Å²) in [4.78, 5) is 11.5. The average Bonchev–Trinajstić information content (AvgIpc) is 2.82. The Bertz CT molecular complexity index is 830. The summed E-state index contributed by atoms with van der Waals surface area (Å²) in [6.45, 7) is 4.13. The number of fused-ring (bicyclic) bond motifs is 1. The van der Waals surface area contributed by atoms with Crippen LogP contribution in [0.15, 0.2) is 30.3 Å². The molecule has 0 saturated heterocycles. The molecule has 0 bridgehead atoms. The summed E-state index contributed by atoms with van der Waals surface area (Å²) >= 11 is 0. The number of esters is 1. The molecule has 0 aliphatic carbocycles. The van der Waals surface area contributed by atoms with Gasteiger partial charge in [0.1, 0.15) is 0 Å². The molecule has 2 rings (SSSR count). The Labute approximate surface area is 207 Å². The Balaban J connectivity index is 1.54. The van der Waals surface area contributed by atoms with Crippen molar-refractivity contribution in [2.24, 2.45) is 0 Å². The van der Waals surface area contributed by atoms with E-state index in [0.29, 0.717) is 12.0 Å². The fourth-order valence-electron chi connectivity index (χ4n) is 4.48. The molecule has 0 fully saturated rings. The van der Waals surface area contributed by atoms with E-state index >= 15 is 0 Å². The van der Waals surface area contributed by atoms with Gasteiger partial charge < -0.3 is 14.6 Å². The van der Waals surface area contributed by atoms with Crippen LogP contribution < -0.4 is 9.47 Å². The van der Waals surface area contributed by atoms with Crippen LogP contribution in [-0.4, -0.2) is 17.7 Å². The molecule has 0 heterocycles. The number of carbonyl (C=O) groups excluding carboxylic acids is 1. The first-order valence-electron chi connectivity index (χ1n) is 13.7. The molecule has 190 valence electrons. The highest BCUT2D eigenvalue weighted by molar-refractivity contribution is 5.93. The number of carbonyl (C=O) groups is 1. The highest BCUT2D eigenvalue weighted by Crippen LogP contribution is 2.43. The van der Waals surface area contributed by atoms with Crippen LogP contribution >= 0.6 is 0 Å². The Morgan fingerprint density at radius 2 is 1.26 bits per heavy atom. The summed E-state index contributed by atoms with van der Waals surface area (Å²) in [7, 11) is 0. The molecule has 0 atom stereocenters. The third kappa shape index (κ3) is 10.8. The topological polar surface area (TPSA) is 55.8 Å². The molecular formula is C30H46O4. The van der Waals surface area contributed by atoms with E-state index in [0.717, 1.165) is 18.2 Å². The lowest BCUT2D eigenvalue weighted by atomic mass is 10.0. The molecule has 0 amide bonds. The molecule has 0 saturated carbocycles. The maximum absolute atomic E-state index is 11.5. The lowest BCUT2D eigenvalue weighted by Crippen LogP contribution is -2.05. The number of hydrogen-bond donors (Lipinski definition) is 1. The standard InChI is InChI=1S/C30H46O4/c1-3-4-5-6-7-8-9-10-11-12-13-14-15-16-17-20-23-33-30-28(34-25(2)31)24-26-21-18-19-22-27(26)29(30)32/h18-19,21-22,24,32H,3-17,20,23H2,1-2H3. The summed E-state index contributed by atoms with van der Waals surface area (Å²) in [5.41, 5.74) is 0. The largest absolute Gasteiger partial charge is 0.504 e. The Hall–Kier alpha value is -2.23. The van der Waals surface area contributed by atoms with Gasteiger partial charge in [0.2, 0.25) is 5.75 Å².